The zero-order valence-corrected chi connectivity index (χ0v) is 24.8. The number of nitrogens with one attached hydrogen (secondary N) is 1. The fourth-order valence-corrected chi connectivity index (χ4v) is 6.11. The number of nitrogens with zero attached hydrogens (tertiary/aromatic N) is 2. The Morgan fingerprint density at radius 1 is 0.881 bits per heavy atom. The number of rotatable bonds is 11. The summed E-state index contributed by atoms with van der Waals surface area (Å²) in [4.78, 5) is 28.7. The number of sulfonamides is 1. The van der Waals surface area contributed by atoms with E-state index in [2.05, 4.69) is 5.32 Å². The van der Waals surface area contributed by atoms with Gasteiger partial charge in [0.15, 0.2) is 0 Å². The number of likely N-dealkylation sites (N-methyl/N-ethyl adjacent to an activating group) is 1. The van der Waals surface area contributed by atoms with Gasteiger partial charge >= 0.3 is 0 Å². The SMILES string of the molecule is CNC(=O)C(Cc1ccccc1)N(Cc1ccccc1Cl)C(=O)CN(c1ccc(C)cc1)S(=O)(=O)c1ccc(F)cc1. The molecule has 0 saturated carbocycles. The van der Waals surface area contributed by atoms with Crippen molar-refractivity contribution in [3.05, 3.63) is 131 Å². The number of carbonyl (C=O) groups excluding carboxylic acids is 2. The van der Waals surface area contributed by atoms with Crippen LogP contribution in [0.3, 0.4) is 0 Å². The molecular weight excluding hydrogens is 577 g/mol. The van der Waals surface area contributed by atoms with E-state index < -0.39 is 40.2 Å². The smallest absolute Gasteiger partial charge is 0.264 e. The molecule has 0 radical (unpaired) electrons. The van der Waals surface area contributed by atoms with Crippen molar-refractivity contribution in [2.24, 2.45) is 0 Å². The molecule has 0 saturated heterocycles. The molecule has 4 aromatic carbocycles. The van der Waals surface area contributed by atoms with Crippen molar-refractivity contribution in [3.8, 4) is 0 Å². The second-order valence-electron chi connectivity index (χ2n) is 9.73. The molecule has 2 amide bonds. The number of benzene rings is 4. The summed E-state index contributed by atoms with van der Waals surface area (Å²) in [6.45, 7) is 1.20. The Morgan fingerprint density at radius 2 is 1.50 bits per heavy atom. The van der Waals surface area contributed by atoms with E-state index in [0.717, 1.165) is 39.7 Å². The summed E-state index contributed by atoms with van der Waals surface area (Å²) < 4.78 is 42.4. The van der Waals surface area contributed by atoms with Crippen LogP contribution in [0.4, 0.5) is 10.1 Å². The molecule has 4 rings (SSSR count). The van der Waals surface area contributed by atoms with E-state index in [1.165, 1.54) is 11.9 Å². The highest BCUT2D eigenvalue weighted by Crippen LogP contribution is 2.26. The number of hydrogen-bond donors (Lipinski definition) is 1. The lowest BCUT2D eigenvalue weighted by molar-refractivity contribution is -0.139. The normalized spacial score (nSPS) is 11.9. The topological polar surface area (TPSA) is 86.8 Å². The number of amides is 2. The molecule has 0 spiro atoms. The lowest BCUT2D eigenvalue weighted by atomic mass is 10.0. The summed E-state index contributed by atoms with van der Waals surface area (Å²) in [7, 11) is -2.83. The van der Waals surface area contributed by atoms with Gasteiger partial charge in [-0.3, -0.25) is 13.9 Å². The van der Waals surface area contributed by atoms with E-state index in [0.29, 0.717) is 10.6 Å². The Morgan fingerprint density at radius 3 is 2.12 bits per heavy atom. The van der Waals surface area contributed by atoms with Crippen molar-refractivity contribution in [3.63, 3.8) is 0 Å². The summed E-state index contributed by atoms with van der Waals surface area (Å²) >= 11 is 6.46. The van der Waals surface area contributed by atoms with Gasteiger partial charge in [-0.1, -0.05) is 77.8 Å². The second kappa shape index (κ2) is 13.6. The van der Waals surface area contributed by atoms with E-state index in [1.54, 1.807) is 48.5 Å². The van der Waals surface area contributed by atoms with Gasteiger partial charge in [0.2, 0.25) is 11.8 Å². The molecule has 4 aromatic rings. The van der Waals surface area contributed by atoms with Crippen LogP contribution < -0.4 is 9.62 Å². The van der Waals surface area contributed by atoms with Crippen LogP contribution in [0.15, 0.2) is 108 Å². The summed E-state index contributed by atoms with van der Waals surface area (Å²) in [6.07, 6.45) is 0.186. The molecule has 0 heterocycles. The van der Waals surface area contributed by atoms with Crippen molar-refractivity contribution in [2.45, 2.75) is 30.8 Å². The van der Waals surface area contributed by atoms with Gasteiger partial charge in [-0.2, -0.15) is 0 Å². The van der Waals surface area contributed by atoms with Crippen molar-refractivity contribution < 1.29 is 22.4 Å². The van der Waals surface area contributed by atoms with Crippen LogP contribution in [0.25, 0.3) is 0 Å². The molecule has 10 heteroatoms. The van der Waals surface area contributed by atoms with Crippen molar-refractivity contribution >= 4 is 39.1 Å². The van der Waals surface area contributed by atoms with Crippen LogP contribution in [0.2, 0.25) is 5.02 Å². The fraction of sp³-hybridized carbons (Fsp3) is 0.188. The van der Waals surface area contributed by atoms with Gasteiger partial charge in [0.25, 0.3) is 10.0 Å². The van der Waals surface area contributed by atoms with Crippen LogP contribution >= 0.6 is 11.6 Å². The molecular formula is C32H31ClFN3O4S. The fourth-order valence-electron chi connectivity index (χ4n) is 4.50. The summed E-state index contributed by atoms with van der Waals surface area (Å²) in [6, 6.07) is 26.3. The lowest BCUT2D eigenvalue weighted by Gasteiger charge is -2.33. The van der Waals surface area contributed by atoms with Gasteiger partial charge in [-0.05, 0) is 60.5 Å². The van der Waals surface area contributed by atoms with Gasteiger partial charge in [0.1, 0.15) is 18.4 Å². The number of hydrogen-bond acceptors (Lipinski definition) is 4. The highest BCUT2D eigenvalue weighted by Gasteiger charge is 2.34. The predicted octanol–water partition coefficient (Wildman–Crippen LogP) is 5.37. The molecule has 0 aliphatic heterocycles. The third kappa shape index (κ3) is 7.35. The van der Waals surface area contributed by atoms with Crippen LogP contribution in [0.1, 0.15) is 16.7 Å². The van der Waals surface area contributed by atoms with E-state index in [-0.39, 0.29) is 23.5 Å². The van der Waals surface area contributed by atoms with Gasteiger partial charge in [0, 0.05) is 25.0 Å². The molecule has 42 heavy (non-hydrogen) atoms. The Kier molecular flexibility index (Phi) is 9.98. The maximum Gasteiger partial charge on any atom is 0.264 e. The Hall–Kier alpha value is -4.21. The monoisotopic (exact) mass is 607 g/mol. The van der Waals surface area contributed by atoms with Crippen molar-refractivity contribution in [1.29, 1.82) is 0 Å². The first kappa shape index (κ1) is 30.7. The first-order chi connectivity index (χ1) is 20.1. The van der Waals surface area contributed by atoms with E-state index in [1.807, 2.05) is 37.3 Å². The lowest BCUT2D eigenvalue weighted by Crippen LogP contribution is -2.53. The molecule has 1 N–H and O–H groups in total. The van der Waals surface area contributed by atoms with E-state index in [9.17, 15) is 22.4 Å². The molecule has 0 bridgehead atoms. The number of carbonyl (C=O) groups is 2. The minimum Gasteiger partial charge on any atom is -0.357 e. The zero-order chi connectivity index (χ0) is 30.3. The van der Waals surface area contributed by atoms with E-state index >= 15 is 0 Å². The molecule has 0 aliphatic rings. The van der Waals surface area contributed by atoms with Crippen LogP contribution in [0.5, 0.6) is 0 Å². The average molecular weight is 608 g/mol. The van der Waals surface area contributed by atoms with E-state index in [4.69, 9.17) is 11.6 Å². The second-order valence-corrected chi connectivity index (χ2v) is 12.0. The van der Waals surface area contributed by atoms with Crippen LogP contribution in [-0.4, -0.2) is 44.8 Å². The first-order valence-corrected chi connectivity index (χ1v) is 15.1. The predicted molar refractivity (Wildman–Crippen MR) is 162 cm³/mol. The minimum atomic E-state index is -4.31. The van der Waals surface area contributed by atoms with Gasteiger partial charge in [-0.15, -0.1) is 0 Å². The Bertz CT molecular complexity index is 1630. The zero-order valence-electron chi connectivity index (χ0n) is 23.2. The third-order valence-electron chi connectivity index (χ3n) is 6.82. The van der Waals surface area contributed by atoms with Gasteiger partial charge < -0.3 is 10.2 Å². The molecule has 218 valence electrons. The molecule has 1 unspecified atom stereocenters. The Labute approximate surface area is 250 Å². The Balaban J connectivity index is 1.79. The third-order valence-corrected chi connectivity index (χ3v) is 8.98. The standard InChI is InChI=1S/C32H31ClFN3O4S/c1-23-12-16-27(17-13-23)37(42(40,41)28-18-14-26(34)15-19-28)22-31(38)36(21-25-10-6-7-11-29(25)33)30(32(39)35-2)20-24-8-4-3-5-9-24/h3-19,30H,20-22H2,1-2H3,(H,35,39). The number of aryl methyl sites for hydroxylation is 1. The van der Waals surface area contributed by atoms with Gasteiger partial charge in [-0.25, -0.2) is 12.8 Å². The minimum absolute atomic E-state index is 0.0399. The molecule has 7 nitrogen and oxygen atoms in total. The maximum atomic E-state index is 14.2. The highest BCUT2D eigenvalue weighted by atomic mass is 35.5. The largest absolute Gasteiger partial charge is 0.357 e. The molecule has 1 atom stereocenters. The van der Waals surface area contributed by atoms with Crippen LogP contribution in [-0.2, 0) is 32.6 Å². The highest BCUT2D eigenvalue weighted by molar-refractivity contribution is 7.92. The molecule has 0 fully saturated rings. The van der Waals surface area contributed by atoms with Gasteiger partial charge in [0.05, 0.1) is 10.6 Å². The summed E-state index contributed by atoms with van der Waals surface area (Å²) in [5.41, 5.74) is 2.55. The maximum absolute atomic E-state index is 14.2. The summed E-state index contributed by atoms with van der Waals surface area (Å²) in [5.74, 6) is -1.62. The van der Waals surface area contributed by atoms with Crippen molar-refractivity contribution in [2.75, 3.05) is 17.9 Å². The number of anilines is 1. The summed E-state index contributed by atoms with van der Waals surface area (Å²) in [5, 5.41) is 3.04. The van der Waals surface area contributed by atoms with Crippen LogP contribution in [0, 0.1) is 12.7 Å². The van der Waals surface area contributed by atoms with Crippen molar-refractivity contribution in [1.82, 2.24) is 10.2 Å². The quantitative estimate of drug-likeness (QED) is 0.248. The molecule has 0 aliphatic carbocycles. The molecule has 0 aromatic heterocycles. The average Bonchev–Trinajstić information content (AvgIpc) is 2.99. The first-order valence-electron chi connectivity index (χ1n) is 13.2. The number of halogens is 2.